The molecule has 8 nitrogen and oxygen atoms in total. The first-order valence-corrected chi connectivity index (χ1v) is 9.54. The van der Waals surface area contributed by atoms with Crippen LogP contribution in [0.1, 0.15) is 17.5 Å². The van der Waals surface area contributed by atoms with Gasteiger partial charge in [0.2, 0.25) is 5.91 Å². The molecule has 0 heterocycles. The number of nitrogens with one attached hydrogen (secondary N) is 2. The highest BCUT2D eigenvalue weighted by atomic mass is 16.5. The second-order valence-electron chi connectivity index (χ2n) is 6.57. The molecule has 0 fully saturated rings. The Morgan fingerprint density at radius 3 is 2.17 bits per heavy atom. The third kappa shape index (κ3) is 7.92. The van der Waals surface area contributed by atoms with E-state index in [0.29, 0.717) is 0 Å². The monoisotopic (exact) mass is 414 g/mol. The summed E-state index contributed by atoms with van der Waals surface area (Å²) in [5, 5.41) is 15.0. The lowest BCUT2D eigenvalue weighted by Crippen LogP contribution is -2.47. The molecule has 30 heavy (non-hydrogen) atoms. The van der Waals surface area contributed by atoms with Gasteiger partial charge in [0.05, 0.1) is 7.11 Å². The minimum absolute atomic E-state index is 0.0315. The van der Waals surface area contributed by atoms with Gasteiger partial charge in [-0.15, -0.1) is 0 Å². The molecule has 2 aromatic carbocycles. The Morgan fingerprint density at radius 1 is 0.967 bits per heavy atom. The number of alkyl carbamates (subject to hydrolysis) is 1. The van der Waals surface area contributed by atoms with Crippen molar-refractivity contribution in [2.24, 2.45) is 0 Å². The van der Waals surface area contributed by atoms with Crippen LogP contribution in [-0.2, 0) is 32.1 Å². The molecule has 0 spiro atoms. The zero-order valence-electron chi connectivity index (χ0n) is 16.7. The van der Waals surface area contributed by atoms with Crippen LogP contribution in [0.3, 0.4) is 0 Å². The maximum atomic E-state index is 12.2. The third-order valence-electron chi connectivity index (χ3n) is 4.29. The van der Waals surface area contributed by atoms with Crippen molar-refractivity contribution in [3.8, 4) is 0 Å². The number of rotatable bonds is 10. The highest BCUT2D eigenvalue weighted by Crippen LogP contribution is 2.06. The molecule has 0 aliphatic carbocycles. The Kier molecular flexibility index (Phi) is 9.33. The summed E-state index contributed by atoms with van der Waals surface area (Å²) in [5.41, 5.74) is 1.69. The average Bonchev–Trinajstić information content (AvgIpc) is 2.78. The average molecular weight is 414 g/mol. The van der Waals surface area contributed by atoms with E-state index < -0.39 is 30.1 Å². The van der Waals surface area contributed by atoms with E-state index in [-0.39, 0.29) is 26.0 Å². The first kappa shape index (κ1) is 22.9. The lowest BCUT2D eigenvalue weighted by atomic mass is 10.1. The van der Waals surface area contributed by atoms with Gasteiger partial charge in [-0.1, -0.05) is 60.7 Å². The Balaban J connectivity index is 1.75. The predicted molar refractivity (Wildman–Crippen MR) is 109 cm³/mol. The fourth-order valence-electron chi connectivity index (χ4n) is 2.67. The number of hydrogen-bond donors (Lipinski definition) is 3. The Bertz CT molecular complexity index is 813. The van der Waals surface area contributed by atoms with Gasteiger partial charge in [0.1, 0.15) is 18.8 Å². The van der Waals surface area contributed by atoms with Gasteiger partial charge in [0.25, 0.3) is 0 Å². The van der Waals surface area contributed by atoms with E-state index in [1.54, 1.807) is 0 Å². The Morgan fingerprint density at radius 2 is 1.57 bits per heavy atom. The van der Waals surface area contributed by atoms with Crippen LogP contribution in [0.25, 0.3) is 0 Å². The zero-order valence-corrected chi connectivity index (χ0v) is 16.7. The first-order chi connectivity index (χ1) is 14.5. The highest BCUT2D eigenvalue weighted by Gasteiger charge is 2.25. The van der Waals surface area contributed by atoms with Gasteiger partial charge < -0.3 is 25.2 Å². The normalized spacial score (nSPS) is 12.3. The van der Waals surface area contributed by atoms with Crippen LogP contribution in [0, 0.1) is 0 Å². The van der Waals surface area contributed by atoms with Crippen molar-refractivity contribution in [3.63, 3.8) is 0 Å². The van der Waals surface area contributed by atoms with E-state index in [9.17, 15) is 19.5 Å². The molecule has 3 N–H and O–H groups in total. The molecule has 2 rings (SSSR count). The van der Waals surface area contributed by atoms with Crippen LogP contribution < -0.4 is 10.6 Å². The van der Waals surface area contributed by atoms with Crippen molar-refractivity contribution < 1.29 is 29.0 Å². The van der Waals surface area contributed by atoms with Gasteiger partial charge in [-0.3, -0.25) is 4.79 Å². The summed E-state index contributed by atoms with van der Waals surface area (Å²) in [4.78, 5) is 35.9. The molecule has 2 atom stereocenters. The fourth-order valence-corrected chi connectivity index (χ4v) is 2.67. The standard InChI is InChI=1S/C22H26N2O6/c1-29-21(27)18(14-16-8-4-2-5-9-16)24-20(26)19(25)12-13-23-22(28)30-15-17-10-6-3-7-11-17/h2-11,18-19,25H,12-15H2,1H3,(H,23,28)(H,24,26)/t18-,19-/m0/s1. The van der Waals surface area contributed by atoms with E-state index >= 15 is 0 Å². The Labute approximate surface area is 175 Å². The van der Waals surface area contributed by atoms with E-state index in [2.05, 4.69) is 10.6 Å². The SMILES string of the molecule is COC(=O)[C@H](Cc1ccccc1)NC(=O)[C@@H](O)CCNC(=O)OCc1ccccc1. The molecule has 160 valence electrons. The minimum Gasteiger partial charge on any atom is -0.467 e. The summed E-state index contributed by atoms with van der Waals surface area (Å²) in [5.74, 6) is -1.33. The second kappa shape index (κ2) is 12.2. The molecule has 0 aliphatic heterocycles. The lowest BCUT2D eigenvalue weighted by molar-refractivity contribution is -0.146. The van der Waals surface area contributed by atoms with Gasteiger partial charge in [0, 0.05) is 13.0 Å². The number of carbonyl (C=O) groups is 3. The molecular formula is C22H26N2O6. The molecule has 0 radical (unpaired) electrons. The van der Waals surface area contributed by atoms with Crippen molar-refractivity contribution in [1.29, 1.82) is 0 Å². The van der Waals surface area contributed by atoms with Crippen molar-refractivity contribution in [3.05, 3.63) is 71.8 Å². The van der Waals surface area contributed by atoms with Crippen molar-refractivity contribution in [2.45, 2.75) is 31.6 Å². The number of carbonyl (C=O) groups excluding carboxylic acids is 3. The Hall–Kier alpha value is -3.39. The number of hydrogen-bond acceptors (Lipinski definition) is 6. The summed E-state index contributed by atoms with van der Waals surface area (Å²) >= 11 is 0. The lowest BCUT2D eigenvalue weighted by Gasteiger charge is -2.19. The van der Waals surface area contributed by atoms with Gasteiger partial charge in [0.15, 0.2) is 0 Å². The maximum Gasteiger partial charge on any atom is 0.407 e. The minimum atomic E-state index is -1.40. The van der Waals surface area contributed by atoms with Gasteiger partial charge in [-0.05, 0) is 17.5 Å². The highest BCUT2D eigenvalue weighted by molar-refractivity contribution is 5.87. The molecule has 0 saturated heterocycles. The van der Waals surface area contributed by atoms with Gasteiger partial charge in [-0.2, -0.15) is 0 Å². The molecule has 0 unspecified atom stereocenters. The number of methoxy groups -OCH3 is 1. The first-order valence-electron chi connectivity index (χ1n) is 9.54. The molecule has 0 aromatic heterocycles. The van der Waals surface area contributed by atoms with Crippen LogP contribution in [0.5, 0.6) is 0 Å². The molecule has 2 amide bonds. The topological polar surface area (TPSA) is 114 Å². The summed E-state index contributed by atoms with van der Waals surface area (Å²) in [6.45, 7) is 0.153. The summed E-state index contributed by atoms with van der Waals surface area (Å²) in [6.07, 6.45) is -1.85. The smallest absolute Gasteiger partial charge is 0.407 e. The van der Waals surface area contributed by atoms with Gasteiger partial charge >= 0.3 is 12.1 Å². The molecule has 8 heteroatoms. The number of benzene rings is 2. The molecule has 0 saturated carbocycles. The predicted octanol–water partition coefficient (Wildman–Crippen LogP) is 1.56. The fraction of sp³-hybridized carbons (Fsp3) is 0.318. The second-order valence-corrected chi connectivity index (χ2v) is 6.57. The van der Waals surface area contributed by atoms with E-state index in [4.69, 9.17) is 9.47 Å². The molecule has 0 aliphatic rings. The number of aliphatic hydroxyl groups excluding tert-OH is 1. The number of ether oxygens (including phenoxy) is 2. The van der Waals surface area contributed by atoms with Crippen LogP contribution in [0.4, 0.5) is 4.79 Å². The molecule has 2 aromatic rings. The molecular weight excluding hydrogens is 388 g/mol. The van der Waals surface area contributed by atoms with Crippen LogP contribution in [0.15, 0.2) is 60.7 Å². The molecule has 0 bridgehead atoms. The summed E-state index contributed by atoms with van der Waals surface area (Å²) < 4.78 is 9.79. The van der Waals surface area contributed by atoms with Crippen LogP contribution in [-0.4, -0.2) is 48.9 Å². The quantitative estimate of drug-likeness (QED) is 0.509. The number of esters is 1. The number of aliphatic hydroxyl groups is 1. The van der Waals surface area contributed by atoms with Crippen LogP contribution >= 0.6 is 0 Å². The number of amides is 2. The van der Waals surface area contributed by atoms with Crippen molar-refractivity contribution in [2.75, 3.05) is 13.7 Å². The van der Waals surface area contributed by atoms with Crippen LogP contribution in [0.2, 0.25) is 0 Å². The summed E-state index contributed by atoms with van der Waals surface area (Å²) in [6, 6.07) is 17.4. The summed E-state index contributed by atoms with van der Waals surface area (Å²) in [7, 11) is 1.23. The van der Waals surface area contributed by atoms with E-state index in [1.165, 1.54) is 7.11 Å². The maximum absolute atomic E-state index is 12.2. The van der Waals surface area contributed by atoms with Gasteiger partial charge in [-0.25, -0.2) is 9.59 Å². The van der Waals surface area contributed by atoms with E-state index in [1.807, 2.05) is 60.7 Å². The van der Waals surface area contributed by atoms with Crippen molar-refractivity contribution >= 4 is 18.0 Å². The largest absolute Gasteiger partial charge is 0.467 e. The zero-order chi connectivity index (χ0) is 21.8. The van der Waals surface area contributed by atoms with E-state index in [0.717, 1.165) is 11.1 Å². The van der Waals surface area contributed by atoms with Crippen molar-refractivity contribution in [1.82, 2.24) is 10.6 Å². The third-order valence-corrected chi connectivity index (χ3v) is 4.29.